The number of hydrogen-bond acceptors (Lipinski definition) is 2. The lowest BCUT2D eigenvalue weighted by Gasteiger charge is -1.97. The van der Waals surface area contributed by atoms with Crippen molar-refractivity contribution in [3.05, 3.63) is 18.0 Å². The Hall–Kier alpha value is -0.830. The Kier molecular flexibility index (Phi) is 2.06. The number of rotatable bonds is 2. The number of nitrogens with zero attached hydrogens (tertiary/aromatic N) is 2. The molecule has 0 spiro atoms. The summed E-state index contributed by atoms with van der Waals surface area (Å²) < 4.78 is 1.87. The summed E-state index contributed by atoms with van der Waals surface area (Å²) in [6.45, 7) is 4.90. The van der Waals surface area contributed by atoms with E-state index in [1.165, 1.54) is 0 Å². The Balaban J connectivity index is 2.78. The van der Waals surface area contributed by atoms with Gasteiger partial charge in [0, 0.05) is 18.8 Å². The van der Waals surface area contributed by atoms with Gasteiger partial charge in [-0.2, -0.15) is 5.10 Å². The molecule has 56 valence electrons. The molecular weight excluding hydrogens is 126 g/mol. The summed E-state index contributed by atoms with van der Waals surface area (Å²) in [6, 6.07) is 2.00. The largest absolute Gasteiger partial charge is 0.323 e. The van der Waals surface area contributed by atoms with E-state index in [9.17, 15) is 0 Å². The van der Waals surface area contributed by atoms with Crippen LogP contribution in [0.2, 0.25) is 0 Å². The summed E-state index contributed by atoms with van der Waals surface area (Å²) in [5.74, 6) is 0. The third kappa shape index (κ3) is 1.36. The topological polar surface area (TPSA) is 43.8 Å². The minimum Gasteiger partial charge on any atom is -0.323 e. The molecule has 2 N–H and O–H groups in total. The van der Waals surface area contributed by atoms with E-state index in [-0.39, 0.29) is 6.04 Å². The van der Waals surface area contributed by atoms with Gasteiger partial charge in [-0.25, -0.2) is 0 Å². The third-order valence-electron chi connectivity index (χ3n) is 1.45. The lowest BCUT2D eigenvalue weighted by molar-refractivity contribution is 0.630. The quantitative estimate of drug-likeness (QED) is 0.662. The summed E-state index contributed by atoms with van der Waals surface area (Å²) in [7, 11) is 0. The van der Waals surface area contributed by atoms with E-state index >= 15 is 0 Å². The Labute approximate surface area is 60.8 Å². The second-order valence-corrected chi connectivity index (χ2v) is 2.38. The van der Waals surface area contributed by atoms with Crippen molar-refractivity contribution in [2.45, 2.75) is 26.4 Å². The van der Waals surface area contributed by atoms with Crippen LogP contribution in [0, 0.1) is 0 Å². The number of aryl methyl sites for hydroxylation is 1. The Morgan fingerprint density at radius 3 is 2.80 bits per heavy atom. The second-order valence-electron chi connectivity index (χ2n) is 2.38. The molecule has 0 aromatic carbocycles. The van der Waals surface area contributed by atoms with Gasteiger partial charge in [-0.15, -0.1) is 0 Å². The normalized spacial score (nSPS) is 13.5. The van der Waals surface area contributed by atoms with Crippen LogP contribution < -0.4 is 5.73 Å². The van der Waals surface area contributed by atoms with Gasteiger partial charge >= 0.3 is 0 Å². The highest BCUT2D eigenvalue weighted by Gasteiger charge is 2.00. The average Bonchev–Trinajstić information content (AvgIpc) is 2.34. The molecule has 0 aliphatic carbocycles. The molecule has 1 atom stereocenters. The highest BCUT2D eigenvalue weighted by atomic mass is 15.3. The number of nitrogens with two attached hydrogens (primary N) is 1. The first-order valence-electron chi connectivity index (χ1n) is 3.53. The van der Waals surface area contributed by atoms with Gasteiger partial charge in [0.05, 0.1) is 5.69 Å². The molecule has 0 aliphatic heterocycles. The van der Waals surface area contributed by atoms with Gasteiger partial charge in [-0.05, 0) is 19.9 Å². The second kappa shape index (κ2) is 2.84. The van der Waals surface area contributed by atoms with Gasteiger partial charge in [0.2, 0.25) is 0 Å². The third-order valence-corrected chi connectivity index (χ3v) is 1.45. The van der Waals surface area contributed by atoms with E-state index in [4.69, 9.17) is 5.73 Å². The van der Waals surface area contributed by atoms with Crippen molar-refractivity contribution in [2.24, 2.45) is 5.73 Å². The van der Waals surface area contributed by atoms with E-state index in [1.807, 2.05) is 23.9 Å². The molecule has 1 heterocycles. The zero-order chi connectivity index (χ0) is 7.56. The molecule has 0 unspecified atom stereocenters. The van der Waals surface area contributed by atoms with Crippen LogP contribution >= 0.6 is 0 Å². The van der Waals surface area contributed by atoms with Crippen molar-refractivity contribution in [1.82, 2.24) is 9.78 Å². The lowest BCUT2D eigenvalue weighted by atomic mass is 10.3. The molecule has 0 bridgehead atoms. The van der Waals surface area contributed by atoms with Gasteiger partial charge in [0.15, 0.2) is 0 Å². The fourth-order valence-electron chi connectivity index (χ4n) is 0.796. The first-order valence-corrected chi connectivity index (χ1v) is 3.53. The summed E-state index contributed by atoms with van der Waals surface area (Å²) in [4.78, 5) is 0. The van der Waals surface area contributed by atoms with Crippen LogP contribution in [0.5, 0.6) is 0 Å². The first-order chi connectivity index (χ1) is 4.74. The van der Waals surface area contributed by atoms with Crippen molar-refractivity contribution in [3.63, 3.8) is 0 Å². The molecule has 0 aliphatic rings. The molecule has 3 heteroatoms. The van der Waals surface area contributed by atoms with Crippen molar-refractivity contribution >= 4 is 0 Å². The predicted molar refractivity (Wildman–Crippen MR) is 40.5 cm³/mol. The van der Waals surface area contributed by atoms with E-state index in [1.54, 1.807) is 0 Å². The molecule has 0 saturated carbocycles. The van der Waals surface area contributed by atoms with E-state index in [2.05, 4.69) is 12.0 Å². The van der Waals surface area contributed by atoms with Crippen molar-refractivity contribution in [1.29, 1.82) is 0 Å². The zero-order valence-electron chi connectivity index (χ0n) is 6.41. The molecule has 0 radical (unpaired) electrons. The van der Waals surface area contributed by atoms with Crippen LogP contribution in [-0.2, 0) is 6.54 Å². The summed E-state index contributed by atoms with van der Waals surface area (Å²) in [5, 5.41) is 4.22. The molecule has 1 aromatic rings. The van der Waals surface area contributed by atoms with Crippen LogP contribution in [0.1, 0.15) is 25.6 Å². The maximum atomic E-state index is 5.61. The highest BCUT2D eigenvalue weighted by Crippen LogP contribution is 2.04. The fraction of sp³-hybridized carbons (Fsp3) is 0.571. The van der Waals surface area contributed by atoms with Crippen LogP contribution in [0.15, 0.2) is 12.3 Å². The minimum absolute atomic E-state index is 0.0489. The monoisotopic (exact) mass is 139 g/mol. The molecule has 3 nitrogen and oxygen atoms in total. The van der Waals surface area contributed by atoms with Gasteiger partial charge in [-0.1, -0.05) is 0 Å². The molecule has 0 amide bonds. The summed E-state index contributed by atoms with van der Waals surface area (Å²) in [6.07, 6.45) is 1.94. The first kappa shape index (κ1) is 7.28. The molecule has 0 fully saturated rings. The van der Waals surface area contributed by atoms with Crippen molar-refractivity contribution in [3.8, 4) is 0 Å². The zero-order valence-corrected chi connectivity index (χ0v) is 6.41. The van der Waals surface area contributed by atoms with Gasteiger partial charge < -0.3 is 5.73 Å². The van der Waals surface area contributed by atoms with Crippen LogP contribution in [0.4, 0.5) is 0 Å². The van der Waals surface area contributed by atoms with Crippen LogP contribution in [-0.4, -0.2) is 9.78 Å². The van der Waals surface area contributed by atoms with E-state index < -0.39 is 0 Å². The SMILES string of the molecule is CCn1ccc([C@@H](C)N)n1. The van der Waals surface area contributed by atoms with Crippen LogP contribution in [0.3, 0.4) is 0 Å². The molecule has 0 saturated heterocycles. The lowest BCUT2D eigenvalue weighted by Crippen LogP contribution is -2.06. The average molecular weight is 139 g/mol. The maximum absolute atomic E-state index is 5.61. The fourth-order valence-corrected chi connectivity index (χ4v) is 0.796. The van der Waals surface area contributed by atoms with Gasteiger partial charge in [0.25, 0.3) is 0 Å². The molecular formula is C7H13N3. The van der Waals surface area contributed by atoms with Gasteiger partial charge in [-0.3, -0.25) is 4.68 Å². The standard InChI is InChI=1S/C7H13N3/c1-3-10-5-4-7(9-10)6(2)8/h4-6H,3,8H2,1-2H3/t6-/m1/s1. The Morgan fingerprint density at radius 2 is 2.50 bits per heavy atom. The summed E-state index contributed by atoms with van der Waals surface area (Å²) in [5.41, 5.74) is 6.57. The van der Waals surface area contributed by atoms with Crippen molar-refractivity contribution < 1.29 is 0 Å². The van der Waals surface area contributed by atoms with Crippen molar-refractivity contribution in [2.75, 3.05) is 0 Å². The van der Waals surface area contributed by atoms with Crippen LogP contribution in [0.25, 0.3) is 0 Å². The number of hydrogen-bond donors (Lipinski definition) is 1. The van der Waals surface area contributed by atoms with Gasteiger partial charge in [0.1, 0.15) is 0 Å². The van der Waals surface area contributed by atoms with E-state index in [0.717, 1.165) is 12.2 Å². The Morgan fingerprint density at radius 1 is 1.80 bits per heavy atom. The maximum Gasteiger partial charge on any atom is 0.0788 e. The molecule has 10 heavy (non-hydrogen) atoms. The highest BCUT2D eigenvalue weighted by molar-refractivity contribution is 5.02. The molecule has 1 rings (SSSR count). The Bertz CT molecular complexity index is 202. The smallest absolute Gasteiger partial charge is 0.0788 e. The minimum atomic E-state index is 0.0489. The predicted octanol–water partition coefficient (Wildman–Crippen LogP) is 0.923. The van der Waals surface area contributed by atoms with E-state index in [0.29, 0.717) is 0 Å². The molecule has 1 aromatic heterocycles. The number of aromatic nitrogens is 2. The summed E-state index contributed by atoms with van der Waals surface area (Å²) >= 11 is 0.